The number of carbonyl (C=O) groups is 1. The quantitative estimate of drug-likeness (QED) is 0.402. The zero-order valence-electron chi connectivity index (χ0n) is 21.9. The van der Waals surface area contributed by atoms with Gasteiger partial charge in [0.1, 0.15) is 5.82 Å². The summed E-state index contributed by atoms with van der Waals surface area (Å²) in [7, 11) is -3.75. The fourth-order valence-electron chi connectivity index (χ4n) is 5.14. The normalized spacial score (nSPS) is 15.4. The number of nitrogens with one attached hydrogen (secondary N) is 1. The lowest BCUT2D eigenvalue weighted by Crippen LogP contribution is -2.40. The topological polar surface area (TPSA) is 90.3 Å². The molecule has 8 heteroatoms. The summed E-state index contributed by atoms with van der Waals surface area (Å²) < 4.78 is 36.7. The van der Waals surface area contributed by atoms with E-state index in [2.05, 4.69) is 9.29 Å². The molecule has 0 aliphatic heterocycles. The van der Waals surface area contributed by atoms with Crippen LogP contribution in [0.25, 0.3) is 22.2 Å². The molecule has 1 aromatic heterocycles. The van der Waals surface area contributed by atoms with Crippen molar-refractivity contribution in [3.8, 4) is 11.4 Å². The molecule has 1 aliphatic carbocycles. The van der Waals surface area contributed by atoms with Gasteiger partial charge in [0.15, 0.2) is 5.69 Å². The van der Waals surface area contributed by atoms with Crippen molar-refractivity contribution in [2.75, 3.05) is 6.61 Å². The Hall–Kier alpha value is -2.71. The predicted molar refractivity (Wildman–Crippen MR) is 143 cm³/mol. The Morgan fingerprint density at radius 2 is 1.75 bits per heavy atom. The van der Waals surface area contributed by atoms with Crippen LogP contribution in [0.2, 0.25) is 0 Å². The molecule has 3 aromatic rings. The number of nitrogens with zero attached hydrogens (tertiary/aromatic N) is 2. The van der Waals surface area contributed by atoms with Crippen molar-refractivity contribution >= 4 is 26.8 Å². The van der Waals surface area contributed by atoms with Crippen molar-refractivity contribution in [3.05, 3.63) is 47.8 Å². The Labute approximate surface area is 214 Å². The number of esters is 1. The van der Waals surface area contributed by atoms with E-state index in [-0.39, 0.29) is 11.5 Å². The Balaban J connectivity index is 1.89. The average Bonchev–Trinajstić information content (AvgIpc) is 3.13. The lowest BCUT2D eigenvalue weighted by atomic mass is 9.89. The van der Waals surface area contributed by atoms with Gasteiger partial charge in [-0.2, -0.15) is 0 Å². The highest BCUT2D eigenvalue weighted by Crippen LogP contribution is 2.35. The van der Waals surface area contributed by atoms with E-state index in [0.717, 1.165) is 36.0 Å². The van der Waals surface area contributed by atoms with E-state index in [0.29, 0.717) is 22.8 Å². The molecule has 1 N–H and O–H groups in total. The molecule has 0 bridgehead atoms. The first-order valence-electron chi connectivity index (χ1n) is 12.8. The van der Waals surface area contributed by atoms with Crippen LogP contribution in [0.1, 0.15) is 76.0 Å². The van der Waals surface area contributed by atoms with Crippen LogP contribution >= 0.6 is 0 Å². The number of fused-ring (bicyclic) bond motifs is 1. The molecule has 0 unspecified atom stereocenters. The summed E-state index contributed by atoms with van der Waals surface area (Å²) >= 11 is 0. The fourth-order valence-corrected chi connectivity index (χ4v) is 6.77. The van der Waals surface area contributed by atoms with Crippen molar-refractivity contribution in [2.45, 2.75) is 83.7 Å². The number of sulfonamides is 1. The first-order chi connectivity index (χ1) is 17.0. The Bertz CT molecular complexity index is 1360. The maximum Gasteiger partial charge on any atom is 0.358 e. The van der Waals surface area contributed by atoms with Gasteiger partial charge in [0.2, 0.25) is 10.0 Å². The van der Waals surface area contributed by atoms with Crippen molar-refractivity contribution < 1.29 is 17.9 Å². The highest BCUT2D eigenvalue weighted by Gasteiger charge is 2.28. The third-order valence-corrected chi connectivity index (χ3v) is 8.53. The van der Waals surface area contributed by atoms with E-state index in [1.54, 1.807) is 13.0 Å². The van der Waals surface area contributed by atoms with Crippen LogP contribution in [0.4, 0.5) is 0 Å². The SMILES string of the molecule is CCOC(=O)c1nc(-c2ccc(S(=O)(=O)NC(C)(C)C)c3ccccc23)n(CC2CCCCC2)c1C. The number of hydrogen-bond donors (Lipinski definition) is 1. The van der Waals surface area contributed by atoms with Gasteiger partial charge >= 0.3 is 5.97 Å². The highest BCUT2D eigenvalue weighted by molar-refractivity contribution is 7.89. The van der Waals surface area contributed by atoms with E-state index in [1.165, 1.54) is 19.3 Å². The zero-order valence-corrected chi connectivity index (χ0v) is 22.7. The summed E-state index contributed by atoms with van der Waals surface area (Å²) in [5.74, 6) is 0.754. The molecule has 7 nitrogen and oxygen atoms in total. The zero-order chi connectivity index (χ0) is 26.1. The first-order valence-corrected chi connectivity index (χ1v) is 14.3. The highest BCUT2D eigenvalue weighted by atomic mass is 32.2. The van der Waals surface area contributed by atoms with Gasteiger partial charge < -0.3 is 9.30 Å². The lowest BCUT2D eigenvalue weighted by molar-refractivity contribution is 0.0519. The van der Waals surface area contributed by atoms with Crippen molar-refractivity contribution in [1.82, 2.24) is 14.3 Å². The molecule has 1 fully saturated rings. The van der Waals surface area contributed by atoms with Crippen molar-refractivity contribution in [2.24, 2.45) is 5.92 Å². The van der Waals surface area contributed by atoms with E-state index in [1.807, 2.05) is 58.0 Å². The molecular weight excluding hydrogens is 474 g/mol. The summed E-state index contributed by atoms with van der Waals surface area (Å²) in [6.07, 6.45) is 6.01. The summed E-state index contributed by atoms with van der Waals surface area (Å²) in [5.41, 5.74) is 1.29. The number of aromatic nitrogens is 2. The predicted octanol–water partition coefficient (Wildman–Crippen LogP) is 5.85. The van der Waals surface area contributed by atoms with Crippen LogP contribution in [0, 0.1) is 12.8 Å². The number of ether oxygens (including phenoxy) is 1. The minimum Gasteiger partial charge on any atom is -0.461 e. The number of hydrogen-bond acceptors (Lipinski definition) is 5. The number of rotatable bonds is 7. The molecule has 0 radical (unpaired) electrons. The minimum atomic E-state index is -3.75. The molecule has 1 aliphatic rings. The van der Waals surface area contributed by atoms with Crippen LogP contribution < -0.4 is 4.72 Å². The maximum absolute atomic E-state index is 13.3. The van der Waals surface area contributed by atoms with E-state index in [9.17, 15) is 13.2 Å². The van der Waals surface area contributed by atoms with Crippen molar-refractivity contribution in [3.63, 3.8) is 0 Å². The molecule has 0 saturated heterocycles. The molecule has 1 saturated carbocycles. The standard InChI is InChI=1S/C28H37N3O4S/c1-6-35-27(32)25-19(2)31(18-20-12-8-7-9-13-20)26(29-25)23-16-17-24(22-15-11-10-14-21(22)23)36(33,34)30-28(3,4)5/h10-11,14-17,20,30H,6-9,12-13,18H2,1-5H3. The molecule has 1 heterocycles. The Morgan fingerprint density at radius 1 is 1.08 bits per heavy atom. The smallest absolute Gasteiger partial charge is 0.358 e. The molecule has 4 rings (SSSR count). The van der Waals surface area contributed by atoms with Gasteiger partial charge in [0.25, 0.3) is 0 Å². The summed E-state index contributed by atoms with van der Waals surface area (Å²) in [6, 6.07) is 10.9. The molecule has 36 heavy (non-hydrogen) atoms. The van der Waals surface area contributed by atoms with Gasteiger partial charge in [0, 0.05) is 28.7 Å². The minimum absolute atomic E-state index is 0.226. The molecular formula is C28H37N3O4S. The third kappa shape index (κ3) is 5.49. The monoisotopic (exact) mass is 511 g/mol. The second-order valence-electron chi connectivity index (χ2n) is 10.7. The fraction of sp³-hybridized carbons (Fsp3) is 0.500. The number of benzene rings is 2. The first kappa shape index (κ1) is 26.4. The van der Waals surface area contributed by atoms with Crippen molar-refractivity contribution in [1.29, 1.82) is 0 Å². The molecule has 0 spiro atoms. The van der Waals surface area contributed by atoms with Crippen LogP contribution in [0.3, 0.4) is 0 Å². The largest absolute Gasteiger partial charge is 0.461 e. The molecule has 0 atom stereocenters. The molecule has 2 aromatic carbocycles. The van der Waals surface area contributed by atoms with E-state index < -0.39 is 21.5 Å². The summed E-state index contributed by atoms with van der Waals surface area (Å²) in [4.78, 5) is 17.8. The number of imidazole rings is 1. The third-order valence-electron chi connectivity index (χ3n) is 6.71. The number of carbonyl (C=O) groups excluding carboxylic acids is 1. The summed E-state index contributed by atoms with van der Waals surface area (Å²) in [6.45, 7) is 10.2. The van der Waals surface area contributed by atoms with Gasteiger partial charge in [-0.1, -0.05) is 43.5 Å². The van der Waals surface area contributed by atoms with Crippen LogP contribution in [0.5, 0.6) is 0 Å². The molecule has 194 valence electrons. The summed E-state index contributed by atoms with van der Waals surface area (Å²) in [5, 5.41) is 1.40. The van der Waals surface area contributed by atoms with E-state index >= 15 is 0 Å². The van der Waals surface area contributed by atoms with Crippen LogP contribution in [-0.2, 0) is 21.3 Å². The van der Waals surface area contributed by atoms with Gasteiger partial charge in [-0.05, 0) is 70.9 Å². The Kier molecular flexibility index (Phi) is 7.57. The van der Waals surface area contributed by atoms with Gasteiger partial charge in [-0.25, -0.2) is 22.9 Å². The average molecular weight is 512 g/mol. The second kappa shape index (κ2) is 10.3. The molecule has 0 amide bonds. The lowest BCUT2D eigenvalue weighted by Gasteiger charge is -2.24. The van der Waals surface area contributed by atoms with Crippen LogP contribution in [-0.4, -0.2) is 36.1 Å². The Morgan fingerprint density at radius 3 is 2.39 bits per heavy atom. The van der Waals surface area contributed by atoms with E-state index in [4.69, 9.17) is 9.72 Å². The van der Waals surface area contributed by atoms with Gasteiger partial charge in [-0.15, -0.1) is 0 Å². The van der Waals surface area contributed by atoms with Crippen LogP contribution in [0.15, 0.2) is 41.3 Å². The van der Waals surface area contributed by atoms with Gasteiger partial charge in [-0.3, -0.25) is 0 Å². The maximum atomic E-state index is 13.3. The van der Waals surface area contributed by atoms with Gasteiger partial charge in [0.05, 0.1) is 11.5 Å². The second-order valence-corrected chi connectivity index (χ2v) is 12.4.